The van der Waals surface area contributed by atoms with Crippen LogP contribution in [-0.4, -0.2) is 37.2 Å². The number of ether oxygens (including phenoxy) is 1. The van der Waals surface area contributed by atoms with Gasteiger partial charge in [0.25, 0.3) is 0 Å². The zero-order valence-electron chi connectivity index (χ0n) is 11.9. The molecule has 4 heteroatoms. The molecule has 0 radical (unpaired) electrons. The SMILES string of the molecule is Cc1ccc(NC(=O)N(C)CC2CCCO2)cc1C. The Kier molecular flexibility index (Phi) is 4.43. The fourth-order valence-corrected chi connectivity index (χ4v) is 2.21. The van der Waals surface area contributed by atoms with Crippen LogP contribution in [0.4, 0.5) is 10.5 Å². The Labute approximate surface area is 114 Å². The number of anilines is 1. The van der Waals surface area contributed by atoms with Crippen LogP contribution in [0.25, 0.3) is 0 Å². The molecule has 1 saturated heterocycles. The monoisotopic (exact) mass is 262 g/mol. The first-order chi connectivity index (χ1) is 9.06. The maximum atomic E-state index is 12.1. The van der Waals surface area contributed by atoms with E-state index in [2.05, 4.69) is 12.2 Å². The second-order valence-electron chi connectivity index (χ2n) is 5.24. The first kappa shape index (κ1) is 13.9. The highest BCUT2D eigenvalue weighted by molar-refractivity contribution is 5.89. The summed E-state index contributed by atoms with van der Waals surface area (Å²) in [5.41, 5.74) is 3.25. The smallest absolute Gasteiger partial charge is 0.321 e. The van der Waals surface area contributed by atoms with E-state index in [0.29, 0.717) is 6.54 Å². The molecule has 1 unspecified atom stereocenters. The largest absolute Gasteiger partial charge is 0.376 e. The van der Waals surface area contributed by atoms with Crippen LogP contribution in [0, 0.1) is 13.8 Å². The highest BCUT2D eigenvalue weighted by Crippen LogP contribution is 2.16. The number of carbonyl (C=O) groups excluding carboxylic acids is 1. The fourth-order valence-electron chi connectivity index (χ4n) is 2.21. The van der Waals surface area contributed by atoms with Crippen LogP contribution in [0.1, 0.15) is 24.0 Å². The normalized spacial score (nSPS) is 18.4. The molecule has 2 amide bonds. The molecule has 1 atom stereocenters. The van der Waals surface area contributed by atoms with Gasteiger partial charge < -0.3 is 15.0 Å². The molecule has 19 heavy (non-hydrogen) atoms. The highest BCUT2D eigenvalue weighted by Gasteiger charge is 2.20. The van der Waals surface area contributed by atoms with Gasteiger partial charge in [-0.05, 0) is 49.9 Å². The van der Waals surface area contributed by atoms with Crippen LogP contribution in [0.5, 0.6) is 0 Å². The number of carbonyl (C=O) groups is 1. The number of benzene rings is 1. The lowest BCUT2D eigenvalue weighted by atomic mass is 10.1. The molecule has 1 heterocycles. The van der Waals surface area contributed by atoms with E-state index in [1.54, 1.807) is 11.9 Å². The predicted octanol–water partition coefficient (Wildman–Crippen LogP) is 2.95. The van der Waals surface area contributed by atoms with Crippen LogP contribution in [0.3, 0.4) is 0 Å². The van der Waals surface area contributed by atoms with E-state index < -0.39 is 0 Å². The average Bonchev–Trinajstić information content (AvgIpc) is 2.86. The maximum Gasteiger partial charge on any atom is 0.321 e. The number of hydrogen-bond acceptors (Lipinski definition) is 2. The molecule has 0 bridgehead atoms. The second kappa shape index (κ2) is 6.06. The molecule has 1 aromatic rings. The minimum atomic E-state index is -0.0845. The molecular formula is C15H22N2O2. The fraction of sp³-hybridized carbons (Fsp3) is 0.533. The van der Waals surface area contributed by atoms with E-state index in [9.17, 15) is 4.79 Å². The standard InChI is InChI=1S/C15H22N2O2/c1-11-6-7-13(9-12(11)2)16-15(18)17(3)10-14-5-4-8-19-14/h6-7,9,14H,4-5,8,10H2,1-3H3,(H,16,18). The van der Waals surface area contributed by atoms with Gasteiger partial charge in [0.05, 0.1) is 6.10 Å². The van der Waals surface area contributed by atoms with Gasteiger partial charge in [-0.3, -0.25) is 0 Å². The van der Waals surface area contributed by atoms with Crippen LogP contribution in [0.2, 0.25) is 0 Å². The number of nitrogens with zero attached hydrogens (tertiary/aromatic N) is 1. The summed E-state index contributed by atoms with van der Waals surface area (Å²) in [6.45, 7) is 5.57. The molecule has 0 saturated carbocycles. The summed E-state index contributed by atoms with van der Waals surface area (Å²) in [4.78, 5) is 13.7. The summed E-state index contributed by atoms with van der Waals surface area (Å²) >= 11 is 0. The third kappa shape index (κ3) is 3.70. The van der Waals surface area contributed by atoms with Gasteiger partial charge in [-0.2, -0.15) is 0 Å². The third-order valence-electron chi connectivity index (χ3n) is 3.61. The number of nitrogens with one attached hydrogen (secondary N) is 1. The van der Waals surface area contributed by atoms with Crippen molar-refractivity contribution in [3.63, 3.8) is 0 Å². The number of amides is 2. The van der Waals surface area contributed by atoms with Crippen LogP contribution < -0.4 is 5.32 Å². The van der Waals surface area contributed by atoms with Gasteiger partial charge >= 0.3 is 6.03 Å². The van der Waals surface area contributed by atoms with Crippen molar-refractivity contribution in [2.24, 2.45) is 0 Å². The molecule has 4 nitrogen and oxygen atoms in total. The van der Waals surface area contributed by atoms with Crippen molar-refractivity contribution in [3.8, 4) is 0 Å². The minimum absolute atomic E-state index is 0.0845. The zero-order chi connectivity index (χ0) is 13.8. The summed E-state index contributed by atoms with van der Waals surface area (Å²) in [7, 11) is 1.80. The van der Waals surface area contributed by atoms with E-state index in [4.69, 9.17) is 4.74 Å². The number of urea groups is 1. The van der Waals surface area contributed by atoms with Gasteiger partial charge in [-0.15, -0.1) is 0 Å². The van der Waals surface area contributed by atoms with Gasteiger partial charge in [-0.1, -0.05) is 6.07 Å². The third-order valence-corrected chi connectivity index (χ3v) is 3.61. The molecule has 1 aromatic carbocycles. The molecule has 1 fully saturated rings. The number of aryl methyl sites for hydroxylation is 2. The molecule has 0 aromatic heterocycles. The molecule has 2 rings (SSSR count). The Balaban J connectivity index is 1.90. The van der Waals surface area contributed by atoms with Gasteiger partial charge in [0, 0.05) is 25.9 Å². The molecular weight excluding hydrogens is 240 g/mol. The molecule has 1 aliphatic rings. The zero-order valence-corrected chi connectivity index (χ0v) is 11.9. The Morgan fingerprint density at radius 1 is 1.42 bits per heavy atom. The first-order valence-electron chi connectivity index (χ1n) is 6.77. The van der Waals surface area contributed by atoms with Gasteiger partial charge in [0.2, 0.25) is 0 Å². The Morgan fingerprint density at radius 2 is 2.21 bits per heavy atom. The summed E-state index contributed by atoms with van der Waals surface area (Å²) < 4.78 is 5.54. The Morgan fingerprint density at radius 3 is 2.84 bits per heavy atom. The van der Waals surface area contributed by atoms with Gasteiger partial charge in [0.15, 0.2) is 0 Å². The van der Waals surface area contributed by atoms with Gasteiger partial charge in [0.1, 0.15) is 0 Å². The predicted molar refractivity (Wildman–Crippen MR) is 76.5 cm³/mol. The lowest BCUT2D eigenvalue weighted by Crippen LogP contribution is -2.37. The lowest BCUT2D eigenvalue weighted by Gasteiger charge is -2.21. The molecule has 1 N–H and O–H groups in total. The highest BCUT2D eigenvalue weighted by atomic mass is 16.5. The van der Waals surface area contributed by atoms with Crippen molar-refractivity contribution in [1.29, 1.82) is 0 Å². The van der Waals surface area contributed by atoms with Crippen LogP contribution >= 0.6 is 0 Å². The van der Waals surface area contributed by atoms with E-state index >= 15 is 0 Å². The maximum absolute atomic E-state index is 12.1. The molecule has 0 spiro atoms. The van der Waals surface area contributed by atoms with E-state index in [-0.39, 0.29) is 12.1 Å². The van der Waals surface area contributed by atoms with E-state index in [0.717, 1.165) is 25.1 Å². The number of likely N-dealkylation sites (N-methyl/N-ethyl adjacent to an activating group) is 1. The van der Waals surface area contributed by atoms with Crippen molar-refractivity contribution in [3.05, 3.63) is 29.3 Å². The Bertz CT molecular complexity index is 453. The second-order valence-corrected chi connectivity index (χ2v) is 5.24. The van der Waals surface area contributed by atoms with Crippen molar-refractivity contribution in [2.45, 2.75) is 32.8 Å². The summed E-state index contributed by atoms with van der Waals surface area (Å²) in [5.74, 6) is 0. The number of rotatable bonds is 3. The van der Waals surface area contributed by atoms with Crippen molar-refractivity contribution < 1.29 is 9.53 Å². The lowest BCUT2D eigenvalue weighted by molar-refractivity contribution is 0.0894. The molecule has 1 aliphatic heterocycles. The van der Waals surface area contributed by atoms with E-state index in [1.165, 1.54) is 11.1 Å². The van der Waals surface area contributed by atoms with Crippen LogP contribution in [0.15, 0.2) is 18.2 Å². The van der Waals surface area contributed by atoms with Crippen molar-refractivity contribution in [2.75, 3.05) is 25.5 Å². The topological polar surface area (TPSA) is 41.6 Å². The van der Waals surface area contributed by atoms with Gasteiger partial charge in [-0.25, -0.2) is 4.79 Å². The van der Waals surface area contributed by atoms with Crippen LogP contribution in [-0.2, 0) is 4.74 Å². The van der Waals surface area contributed by atoms with Crippen molar-refractivity contribution in [1.82, 2.24) is 4.90 Å². The number of hydrogen-bond donors (Lipinski definition) is 1. The first-order valence-corrected chi connectivity index (χ1v) is 6.77. The molecule has 104 valence electrons. The Hall–Kier alpha value is -1.55. The molecule has 0 aliphatic carbocycles. The summed E-state index contributed by atoms with van der Waals surface area (Å²) in [6.07, 6.45) is 2.33. The van der Waals surface area contributed by atoms with Crippen molar-refractivity contribution >= 4 is 11.7 Å². The average molecular weight is 262 g/mol. The summed E-state index contributed by atoms with van der Waals surface area (Å²) in [5, 5.41) is 2.92. The summed E-state index contributed by atoms with van der Waals surface area (Å²) in [6, 6.07) is 5.86. The van der Waals surface area contributed by atoms with E-state index in [1.807, 2.05) is 25.1 Å². The minimum Gasteiger partial charge on any atom is -0.376 e. The quantitative estimate of drug-likeness (QED) is 0.910.